The topological polar surface area (TPSA) is 70.5 Å². The molecule has 26 heavy (non-hydrogen) atoms. The van der Waals surface area contributed by atoms with Gasteiger partial charge in [-0.05, 0) is 24.3 Å². The summed E-state index contributed by atoms with van der Waals surface area (Å²) in [6.07, 6.45) is -4.08. The van der Waals surface area contributed by atoms with Crippen molar-refractivity contribution in [2.24, 2.45) is 0 Å². The minimum absolute atomic E-state index is 0.483. The molecule has 0 aliphatic carbocycles. The zero-order valence-corrected chi connectivity index (χ0v) is 13.7. The van der Waals surface area contributed by atoms with Crippen LogP contribution in [0.5, 0.6) is 0 Å². The maximum Gasteiger partial charge on any atom is 0.419 e. The lowest BCUT2D eigenvalue weighted by Crippen LogP contribution is -2.61. The number of pyridine rings is 1. The normalized spacial score (nSPS) is 17.8. The number of hydrogen-bond acceptors (Lipinski definition) is 4. The Morgan fingerprint density at radius 1 is 1.08 bits per heavy atom. The predicted molar refractivity (Wildman–Crippen MR) is 78.3 cm³/mol. The Morgan fingerprint density at radius 3 is 2.19 bits per heavy atom. The summed E-state index contributed by atoms with van der Waals surface area (Å²) in [5.41, 5.74) is -4.38. The van der Waals surface area contributed by atoms with E-state index >= 15 is 0 Å². The Kier molecular flexibility index (Phi) is 4.28. The number of aromatic nitrogens is 1. The first-order valence-corrected chi connectivity index (χ1v) is 8.60. The van der Waals surface area contributed by atoms with Crippen LogP contribution in [0.4, 0.5) is 22.0 Å². The van der Waals surface area contributed by atoms with Crippen LogP contribution in [0.25, 0.3) is 0 Å². The number of alkyl halides is 3. The molecule has 1 aromatic carbocycles. The van der Waals surface area contributed by atoms with Gasteiger partial charge >= 0.3 is 6.18 Å². The molecule has 1 fully saturated rings. The molecule has 0 spiro atoms. The molecular formula is C15H11F5N2O3S. The number of halogens is 5. The van der Waals surface area contributed by atoms with Gasteiger partial charge < -0.3 is 5.11 Å². The highest BCUT2D eigenvalue weighted by Gasteiger charge is 2.52. The van der Waals surface area contributed by atoms with Crippen molar-refractivity contribution in [3.8, 4) is 0 Å². The third-order valence-electron chi connectivity index (χ3n) is 3.96. The molecule has 2 aromatic rings. The van der Waals surface area contributed by atoms with Crippen LogP contribution in [0.1, 0.15) is 11.1 Å². The van der Waals surface area contributed by atoms with Crippen molar-refractivity contribution < 1.29 is 35.5 Å². The van der Waals surface area contributed by atoms with E-state index in [-0.39, 0.29) is 0 Å². The van der Waals surface area contributed by atoms with E-state index in [0.29, 0.717) is 10.4 Å². The summed E-state index contributed by atoms with van der Waals surface area (Å²) in [6, 6.07) is 4.32. The van der Waals surface area contributed by atoms with Crippen LogP contribution in [0.2, 0.25) is 0 Å². The highest BCUT2D eigenvalue weighted by Crippen LogP contribution is 2.40. The fourth-order valence-corrected chi connectivity index (χ4v) is 4.41. The Morgan fingerprint density at radius 2 is 1.65 bits per heavy atom. The summed E-state index contributed by atoms with van der Waals surface area (Å²) in [5.74, 6) is -2.17. The molecular weight excluding hydrogens is 383 g/mol. The summed E-state index contributed by atoms with van der Waals surface area (Å²) in [7, 11) is -4.72. The van der Waals surface area contributed by atoms with Crippen LogP contribution in [0.15, 0.2) is 41.6 Å². The van der Waals surface area contributed by atoms with E-state index in [1.165, 1.54) is 0 Å². The summed E-state index contributed by atoms with van der Waals surface area (Å²) in [6.45, 7) is -1.61. The van der Waals surface area contributed by atoms with Crippen molar-refractivity contribution in [2.45, 2.75) is 16.8 Å². The molecule has 0 unspecified atom stereocenters. The number of rotatable bonds is 3. The summed E-state index contributed by atoms with van der Waals surface area (Å²) in [4.78, 5) is 3.30. The lowest BCUT2D eigenvalue weighted by atomic mass is 9.87. The summed E-state index contributed by atoms with van der Waals surface area (Å²) in [5, 5.41) is 9.09. The van der Waals surface area contributed by atoms with Crippen molar-refractivity contribution in [3.63, 3.8) is 0 Å². The van der Waals surface area contributed by atoms with E-state index in [1.54, 1.807) is 0 Å². The average molecular weight is 394 g/mol. The fourth-order valence-electron chi connectivity index (χ4n) is 2.74. The molecule has 1 aliphatic rings. The molecule has 1 N–H and O–H groups in total. The average Bonchev–Trinajstić information content (AvgIpc) is 2.51. The number of aliphatic hydroxyl groups is 1. The van der Waals surface area contributed by atoms with E-state index in [0.717, 1.165) is 30.5 Å². The van der Waals surface area contributed by atoms with Crippen molar-refractivity contribution >= 4 is 10.0 Å². The molecule has 0 bridgehead atoms. The largest absolute Gasteiger partial charge is 0.419 e. The van der Waals surface area contributed by atoms with Crippen LogP contribution in [0.3, 0.4) is 0 Å². The van der Waals surface area contributed by atoms with E-state index in [1.807, 2.05) is 0 Å². The molecule has 11 heteroatoms. The molecule has 0 saturated carbocycles. The van der Waals surface area contributed by atoms with Crippen molar-refractivity contribution in [1.29, 1.82) is 0 Å². The van der Waals surface area contributed by atoms with E-state index < -0.39 is 62.7 Å². The van der Waals surface area contributed by atoms with E-state index in [4.69, 9.17) is 0 Å². The minimum Gasteiger partial charge on any atom is -0.382 e. The van der Waals surface area contributed by atoms with Crippen LogP contribution < -0.4 is 0 Å². The molecule has 0 radical (unpaired) electrons. The second kappa shape index (κ2) is 5.96. The first-order valence-electron chi connectivity index (χ1n) is 7.16. The molecule has 140 valence electrons. The number of sulfonamides is 1. The molecule has 1 aromatic heterocycles. The van der Waals surface area contributed by atoms with Crippen molar-refractivity contribution in [3.05, 3.63) is 59.3 Å². The van der Waals surface area contributed by atoms with Crippen LogP contribution in [-0.2, 0) is 21.8 Å². The molecule has 2 heterocycles. The van der Waals surface area contributed by atoms with Gasteiger partial charge in [0, 0.05) is 19.3 Å². The first-order chi connectivity index (χ1) is 12.0. The van der Waals surface area contributed by atoms with Gasteiger partial charge in [-0.25, -0.2) is 22.2 Å². The van der Waals surface area contributed by atoms with Crippen LogP contribution in [-0.4, -0.2) is 35.9 Å². The second-order valence-electron chi connectivity index (χ2n) is 5.76. The molecule has 1 saturated heterocycles. The molecule has 1 aliphatic heterocycles. The highest BCUT2D eigenvalue weighted by molar-refractivity contribution is 7.89. The third kappa shape index (κ3) is 2.95. The van der Waals surface area contributed by atoms with Gasteiger partial charge in [-0.1, -0.05) is 6.07 Å². The lowest BCUT2D eigenvalue weighted by Gasteiger charge is -2.45. The van der Waals surface area contributed by atoms with Gasteiger partial charge in [-0.15, -0.1) is 0 Å². The Hall–Kier alpha value is -2.11. The van der Waals surface area contributed by atoms with Crippen LogP contribution in [0, 0.1) is 11.6 Å². The lowest BCUT2D eigenvalue weighted by molar-refractivity contribution is -0.140. The van der Waals surface area contributed by atoms with Gasteiger partial charge in [0.1, 0.15) is 17.2 Å². The maximum atomic E-state index is 13.8. The van der Waals surface area contributed by atoms with Gasteiger partial charge in [-0.2, -0.15) is 17.5 Å². The zero-order chi connectivity index (χ0) is 19.3. The molecule has 5 nitrogen and oxygen atoms in total. The quantitative estimate of drug-likeness (QED) is 0.811. The number of benzene rings is 1. The summed E-state index contributed by atoms with van der Waals surface area (Å²) < 4.78 is 92.0. The van der Waals surface area contributed by atoms with Crippen molar-refractivity contribution in [1.82, 2.24) is 9.29 Å². The molecule has 0 amide bonds. The van der Waals surface area contributed by atoms with Gasteiger partial charge in [0.05, 0.1) is 11.1 Å². The molecule has 0 atom stereocenters. The fraction of sp³-hybridized carbons (Fsp3) is 0.267. The van der Waals surface area contributed by atoms with Crippen LogP contribution >= 0.6 is 0 Å². The Balaban J connectivity index is 1.94. The van der Waals surface area contributed by atoms with Gasteiger partial charge in [-0.3, -0.25) is 0 Å². The highest BCUT2D eigenvalue weighted by atomic mass is 32.2. The summed E-state index contributed by atoms with van der Waals surface area (Å²) >= 11 is 0. The SMILES string of the molecule is O=S(=O)(c1ncccc1C(F)(F)F)N1CC(O)(c2c(F)cccc2F)C1. The monoisotopic (exact) mass is 394 g/mol. The predicted octanol–water partition coefficient (Wildman–Crippen LogP) is 2.27. The first kappa shape index (κ1) is 18.7. The second-order valence-corrected chi connectivity index (χ2v) is 7.61. The Bertz CT molecular complexity index is 936. The number of β-amino-alcohol motifs (C(OH)–C–C–N with tert-alkyl or cyclic N) is 1. The van der Waals surface area contributed by atoms with Crippen molar-refractivity contribution in [2.75, 3.05) is 13.1 Å². The van der Waals surface area contributed by atoms with Gasteiger partial charge in [0.2, 0.25) is 0 Å². The zero-order valence-electron chi connectivity index (χ0n) is 12.8. The van der Waals surface area contributed by atoms with E-state index in [2.05, 4.69) is 4.98 Å². The standard InChI is InChI=1S/C15H11F5N2O3S/c16-10-4-1-5-11(17)12(10)14(23)7-22(8-14)26(24,25)13-9(15(18,19)20)3-2-6-21-13/h1-6,23H,7-8H2. The number of nitrogens with zero attached hydrogens (tertiary/aromatic N) is 2. The Labute approximate surface area is 144 Å². The van der Waals surface area contributed by atoms with E-state index in [9.17, 15) is 35.5 Å². The smallest absolute Gasteiger partial charge is 0.382 e. The minimum atomic E-state index is -4.96. The van der Waals surface area contributed by atoms with Gasteiger partial charge in [0.25, 0.3) is 10.0 Å². The molecule has 3 rings (SSSR count). The maximum absolute atomic E-state index is 13.8. The third-order valence-corrected chi connectivity index (χ3v) is 5.72. The number of hydrogen-bond donors (Lipinski definition) is 1. The van der Waals surface area contributed by atoms with Gasteiger partial charge in [0.15, 0.2) is 5.03 Å².